The summed E-state index contributed by atoms with van der Waals surface area (Å²) in [6, 6.07) is -0.127. The first-order valence-electron chi connectivity index (χ1n) is 5.38. The number of urea groups is 1. The van der Waals surface area contributed by atoms with Crippen LogP contribution in [-0.4, -0.2) is 20.9 Å². The molecule has 2 amide bonds. The number of halogens is 1. The average molecular weight is 355 g/mol. The Morgan fingerprint density at radius 3 is 2.89 bits per heavy atom. The minimum atomic E-state index is -0.127. The summed E-state index contributed by atoms with van der Waals surface area (Å²) in [6.07, 6.45) is 5.58. The number of nitrogens with two attached hydrogens (primary N) is 1. The van der Waals surface area contributed by atoms with Crippen LogP contribution in [0, 0.1) is 3.70 Å². The molecule has 2 aliphatic rings. The first kappa shape index (κ1) is 11.5. The number of anilines is 1. The highest BCUT2D eigenvalue weighted by molar-refractivity contribution is 14.1. The van der Waals surface area contributed by atoms with Crippen LogP contribution in [0.25, 0.3) is 0 Å². The standard InChI is InChI=1S/C11H10IN5O/c12-9-7-4-17(5-8(7)15-10(13)16-9)11(18)14-6-2-1-3-6/h1-3H,4-5H2,(H,14,18)(H2,13,15,16). The van der Waals surface area contributed by atoms with Crippen LogP contribution < -0.4 is 11.1 Å². The van der Waals surface area contributed by atoms with E-state index >= 15 is 0 Å². The van der Waals surface area contributed by atoms with E-state index in [9.17, 15) is 4.79 Å². The fourth-order valence-corrected chi connectivity index (χ4v) is 2.58. The molecule has 0 fully saturated rings. The van der Waals surface area contributed by atoms with E-state index in [4.69, 9.17) is 5.73 Å². The number of rotatable bonds is 1. The molecule has 0 unspecified atom stereocenters. The average Bonchev–Trinajstić information content (AvgIpc) is 2.67. The van der Waals surface area contributed by atoms with Gasteiger partial charge in [-0.2, -0.15) is 0 Å². The van der Waals surface area contributed by atoms with E-state index in [1.165, 1.54) is 0 Å². The quantitative estimate of drug-likeness (QED) is 0.585. The number of hydrogen-bond donors (Lipinski definition) is 2. The van der Waals surface area contributed by atoms with E-state index in [0.717, 1.165) is 20.7 Å². The van der Waals surface area contributed by atoms with Crippen LogP contribution in [-0.2, 0) is 13.1 Å². The minimum absolute atomic E-state index is 0.127. The number of nitrogens with one attached hydrogen (secondary N) is 1. The highest BCUT2D eigenvalue weighted by atomic mass is 127. The second-order valence-electron chi connectivity index (χ2n) is 4.07. The Kier molecular flexibility index (Phi) is 2.69. The lowest BCUT2D eigenvalue weighted by atomic mass is 10.2. The molecular weight excluding hydrogens is 345 g/mol. The van der Waals surface area contributed by atoms with Crippen molar-refractivity contribution < 1.29 is 4.79 Å². The first-order valence-corrected chi connectivity index (χ1v) is 6.46. The number of carbonyl (C=O) groups is 1. The molecule has 1 aromatic heterocycles. The first-order chi connectivity index (χ1) is 8.63. The van der Waals surface area contributed by atoms with Gasteiger partial charge >= 0.3 is 6.03 Å². The van der Waals surface area contributed by atoms with Crippen LogP contribution in [0.2, 0.25) is 0 Å². The topological polar surface area (TPSA) is 84.1 Å². The Morgan fingerprint density at radius 1 is 1.44 bits per heavy atom. The Bertz CT molecular complexity index is 595. The number of allylic oxidation sites excluding steroid dienone is 3. The Labute approximate surface area is 117 Å². The molecule has 1 aliphatic heterocycles. The van der Waals surface area contributed by atoms with Gasteiger partial charge in [0.05, 0.1) is 18.8 Å². The number of nitrogen functional groups attached to an aromatic ring is 1. The van der Waals surface area contributed by atoms with Crippen molar-refractivity contribution in [3.63, 3.8) is 0 Å². The molecule has 18 heavy (non-hydrogen) atoms. The molecule has 0 bridgehead atoms. The van der Waals surface area contributed by atoms with E-state index in [-0.39, 0.29) is 12.0 Å². The van der Waals surface area contributed by atoms with Gasteiger partial charge in [-0.1, -0.05) is 6.08 Å². The summed E-state index contributed by atoms with van der Waals surface area (Å²) in [4.78, 5) is 21.9. The normalized spacial score (nSPS) is 16.1. The maximum absolute atomic E-state index is 12.0. The molecule has 1 aliphatic carbocycles. The van der Waals surface area contributed by atoms with Crippen LogP contribution in [0.1, 0.15) is 11.3 Å². The Hall–Kier alpha value is -1.64. The van der Waals surface area contributed by atoms with Crippen molar-refractivity contribution in [2.45, 2.75) is 13.1 Å². The van der Waals surface area contributed by atoms with Crippen molar-refractivity contribution in [3.8, 4) is 0 Å². The van der Waals surface area contributed by atoms with Gasteiger partial charge in [-0.05, 0) is 34.7 Å². The molecule has 1 aromatic rings. The molecule has 92 valence electrons. The predicted molar refractivity (Wildman–Crippen MR) is 74.2 cm³/mol. The van der Waals surface area contributed by atoms with Crippen molar-refractivity contribution in [1.29, 1.82) is 0 Å². The predicted octanol–water partition coefficient (Wildman–Crippen LogP) is 1.14. The fraction of sp³-hybridized carbons (Fsp3) is 0.182. The zero-order valence-electron chi connectivity index (χ0n) is 9.35. The molecule has 0 atom stereocenters. The fourth-order valence-electron chi connectivity index (χ4n) is 1.85. The maximum atomic E-state index is 12.0. The number of hydrogen-bond acceptors (Lipinski definition) is 4. The van der Waals surface area contributed by atoms with Gasteiger partial charge in [0.2, 0.25) is 5.95 Å². The lowest BCUT2D eigenvalue weighted by Crippen LogP contribution is -2.36. The van der Waals surface area contributed by atoms with Gasteiger partial charge in [0.15, 0.2) is 0 Å². The van der Waals surface area contributed by atoms with E-state index in [0.29, 0.717) is 13.1 Å². The summed E-state index contributed by atoms with van der Waals surface area (Å²) >= 11 is 2.12. The molecular formula is C11H10IN5O. The molecule has 0 saturated carbocycles. The second kappa shape index (κ2) is 4.23. The van der Waals surface area contributed by atoms with E-state index < -0.39 is 0 Å². The third-order valence-corrected chi connectivity index (χ3v) is 3.73. The second-order valence-corrected chi connectivity index (χ2v) is 5.09. The van der Waals surface area contributed by atoms with E-state index in [1.54, 1.807) is 4.90 Å². The molecule has 3 N–H and O–H groups in total. The van der Waals surface area contributed by atoms with Crippen LogP contribution in [0.15, 0.2) is 23.9 Å². The largest absolute Gasteiger partial charge is 0.368 e. The highest BCUT2D eigenvalue weighted by Gasteiger charge is 2.27. The summed E-state index contributed by atoms with van der Waals surface area (Å²) in [6.45, 7) is 0.998. The molecule has 0 spiro atoms. The Morgan fingerprint density at radius 2 is 2.22 bits per heavy atom. The summed E-state index contributed by atoms with van der Waals surface area (Å²) in [5, 5.41) is 2.81. The SMILES string of the molecule is Nc1nc(I)c2c(n1)CN(C(=O)NC1=CC=C1)C2. The molecule has 6 nitrogen and oxygen atoms in total. The smallest absolute Gasteiger partial charge is 0.322 e. The molecule has 3 rings (SSSR count). The summed E-state index contributed by atoms with van der Waals surface area (Å²) in [7, 11) is 0. The lowest BCUT2D eigenvalue weighted by molar-refractivity contribution is 0.201. The highest BCUT2D eigenvalue weighted by Crippen LogP contribution is 2.25. The van der Waals surface area contributed by atoms with Crippen molar-refractivity contribution in [2.24, 2.45) is 0 Å². The van der Waals surface area contributed by atoms with E-state index in [1.807, 2.05) is 18.2 Å². The third kappa shape index (κ3) is 1.94. The van der Waals surface area contributed by atoms with Gasteiger partial charge in [0, 0.05) is 11.3 Å². The minimum Gasteiger partial charge on any atom is -0.368 e. The van der Waals surface area contributed by atoms with Crippen LogP contribution in [0.5, 0.6) is 0 Å². The van der Waals surface area contributed by atoms with Crippen LogP contribution >= 0.6 is 22.6 Å². The number of carbonyl (C=O) groups excluding carboxylic acids is 1. The van der Waals surface area contributed by atoms with E-state index in [2.05, 4.69) is 37.9 Å². The van der Waals surface area contributed by atoms with Crippen molar-refractivity contribution in [2.75, 3.05) is 5.73 Å². The molecule has 2 heterocycles. The van der Waals surface area contributed by atoms with Crippen molar-refractivity contribution in [3.05, 3.63) is 38.9 Å². The number of nitrogens with zero attached hydrogens (tertiary/aromatic N) is 3. The van der Waals surface area contributed by atoms with Gasteiger partial charge in [0.1, 0.15) is 3.70 Å². The molecule has 0 aromatic carbocycles. The summed E-state index contributed by atoms with van der Waals surface area (Å²) < 4.78 is 0.813. The molecule has 0 saturated heterocycles. The molecule has 7 heteroatoms. The van der Waals surface area contributed by atoms with Crippen molar-refractivity contribution in [1.82, 2.24) is 20.2 Å². The van der Waals surface area contributed by atoms with Gasteiger partial charge in [-0.3, -0.25) is 0 Å². The maximum Gasteiger partial charge on any atom is 0.322 e. The third-order valence-electron chi connectivity index (χ3n) is 2.84. The van der Waals surface area contributed by atoms with Gasteiger partial charge in [-0.15, -0.1) is 0 Å². The number of amides is 2. The van der Waals surface area contributed by atoms with Gasteiger partial charge < -0.3 is 16.0 Å². The number of fused-ring (bicyclic) bond motifs is 1. The van der Waals surface area contributed by atoms with Crippen molar-refractivity contribution >= 4 is 34.6 Å². The van der Waals surface area contributed by atoms with Gasteiger partial charge in [0.25, 0.3) is 0 Å². The zero-order valence-corrected chi connectivity index (χ0v) is 11.5. The summed E-state index contributed by atoms with van der Waals surface area (Å²) in [5.41, 5.74) is 8.25. The molecule has 0 radical (unpaired) electrons. The van der Waals surface area contributed by atoms with Crippen LogP contribution in [0.4, 0.5) is 10.7 Å². The Balaban J connectivity index is 1.76. The number of aromatic nitrogens is 2. The zero-order chi connectivity index (χ0) is 12.7. The van der Waals surface area contributed by atoms with Crippen LogP contribution in [0.3, 0.4) is 0 Å². The summed E-state index contributed by atoms with van der Waals surface area (Å²) in [5.74, 6) is 0.255. The lowest BCUT2D eigenvalue weighted by Gasteiger charge is -2.17. The van der Waals surface area contributed by atoms with Gasteiger partial charge in [-0.25, -0.2) is 14.8 Å². The monoisotopic (exact) mass is 355 g/mol.